The summed E-state index contributed by atoms with van der Waals surface area (Å²) < 4.78 is 11.1. The number of fused-ring (bicyclic) bond motifs is 2. The zero-order valence-corrected chi connectivity index (χ0v) is 16.1. The molecule has 0 saturated carbocycles. The van der Waals surface area contributed by atoms with Crippen LogP contribution in [0.2, 0.25) is 0 Å². The Morgan fingerprint density at radius 2 is 2.00 bits per heavy atom. The van der Waals surface area contributed by atoms with Crippen molar-refractivity contribution in [2.75, 3.05) is 18.5 Å². The van der Waals surface area contributed by atoms with Gasteiger partial charge in [-0.2, -0.15) is 5.10 Å². The van der Waals surface area contributed by atoms with Gasteiger partial charge in [0.1, 0.15) is 13.2 Å². The van der Waals surface area contributed by atoms with E-state index < -0.39 is 10.8 Å². The van der Waals surface area contributed by atoms with Crippen LogP contribution in [0.5, 0.6) is 11.5 Å². The highest BCUT2D eigenvalue weighted by molar-refractivity contribution is 7.14. The Balaban J connectivity index is 1.39. The van der Waals surface area contributed by atoms with Crippen molar-refractivity contribution in [2.45, 2.75) is 0 Å². The number of amides is 1. The highest BCUT2D eigenvalue weighted by Crippen LogP contribution is 2.35. The molecule has 11 heteroatoms. The second-order valence-electron chi connectivity index (χ2n) is 6.41. The number of thiazole rings is 1. The minimum Gasteiger partial charge on any atom is -0.486 e. The number of aromatic nitrogens is 3. The summed E-state index contributed by atoms with van der Waals surface area (Å²) in [6.45, 7) is 1.01. The Labute approximate surface area is 172 Å². The number of hydrogen-bond acceptors (Lipinski definition) is 8. The molecule has 0 spiro atoms. The Morgan fingerprint density at radius 1 is 1.17 bits per heavy atom. The summed E-state index contributed by atoms with van der Waals surface area (Å²) >= 11 is 1.26. The molecule has 1 aliphatic heterocycles. The molecule has 0 saturated heterocycles. The molecule has 0 unspecified atom stereocenters. The van der Waals surface area contributed by atoms with Crippen molar-refractivity contribution >= 4 is 39.0 Å². The van der Waals surface area contributed by atoms with Gasteiger partial charge < -0.3 is 9.47 Å². The Kier molecular flexibility index (Phi) is 4.29. The molecule has 150 valence electrons. The van der Waals surface area contributed by atoms with Crippen LogP contribution in [0.3, 0.4) is 0 Å². The Hall–Kier alpha value is -3.99. The molecule has 10 nitrogen and oxygen atoms in total. The summed E-state index contributed by atoms with van der Waals surface area (Å²) in [5.74, 6) is 0.833. The zero-order valence-electron chi connectivity index (χ0n) is 15.2. The van der Waals surface area contributed by atoms with Gasteiger partial charge in [0, 0.05) is 28.5 Å². The van der Waals surface area contributed by atoms with E-state index in [1.165, 1.54) is 29.5 Å². The van der Waals surface area contributed by atoms with Crippen LogP contribution in [0.1, 0.15) is 10.5 Å². The monoisotopic (exact) mass is 423 g/mol. The van der Waals surface area contributed by atoms with E-state index in [0.717, 1.165) is 5.56 Å². The second kappa shape index (κ2) is 7.12. The number of nitro benzene ring substituents is 1. The van der Waals surface area contributed by atoms with E-state index in [4.69, 9.17) is 9.47 Å². The Morgan fingerprint density at radius 3 is 2.83 bits per heavy atom. The highest BCUT2D eigenvalue weighted by Gasteiger charge is 2.19. The third-order valence-electron chi connectivity index (χ3n) is 4.53. The molecular formula is C19H13N5O5S. The van der Waals surface area contributed by atoms with Gasteiger partial charge in [-0.15, -0.1) is 11.3 Å². The molecule has 0 radical (unpaired) electrons. The molecule has 1 aliphatic rings. The molecule has 2 aromatic carbocycles. The first kappa shape index (κ1) is 18.1. The summed E-state index contributed by atoms with van der Waals surface area (Å²) in [6.07, 6.45) is 0. The standard InChI is InChI=1S/C19H13N5O5S/c25-18(17-12-8-11(24(26)27)2-3-13(12)22-23-17)21-19-20-14(9-30-19)10-1-4-15-16(7-10)29-6-5-28-15/h1-4,7-9H,5-6H2,(H,22,23)(H,20,21,25). The van der Waals surface area contributed by atoms with Gasteiger partial charge in [0.25, 0.3) is 11.6 Å². The predicted molar refractivity (Wildman–Crippen MR) is 109 cm³/mol. The van der Waals surface area contributed by atoms with E-state index in [0.29, 0.717) is 46.4 Å². The maximum Gasteiger partial charge on any atom is 0.278 e. The summed E-state index contributed by atoms with van der Waals surface area (Å²) in [7, 11) is 0. The van der Waals surface area contributed by atoms with Gasteiger partial charge in [-0.1, -0.05) is 0 Å². The molecule has 0 bridgehead atoms. The van der Waals surface area contributed by atoms with E-state index in [9.17, 15) is 14.9 Å². The smallest absolute Gasteiger partial charge is 0.278 e. The number of nitrogens with one attached hydrogen (secondary N) is 2. The van der Waals surface area contributed by atoms with Crippen molar-refractivity contribution in [2.24, 2.45) is 0 Å². The number of anilines is 1. The average molecular weight is 423 g/mol. The molecular weight excluding hydrogens is 410 g/mol. The van der Waals surface area contributed by atoms with Crippen LogP contribution in [-0.4, -0.2) is 39.2 Å². The lowest BCUT2D eigenvalue weighted by Gasteiger charge is -2.18. The SMILES string of the molecule is O=C(Nc1nc(-c2ccc3c(c2)OCCO3)cs1)c1n[nH]c2ccc([N+](=O)[O-])cc12. The third kappa shape index (κ3) is 3.20. The van der Waals surface area contributed by atoms with Crippen molar-refractivity contribution in [3.05, 3.63) is 57.6 Å². The summed E-state index contributed by atoms with van der Waals surface area (Å²) in [6, 6.07) is 9.72. The molecule has 3 heterocycles. The van der Waals surface area contributed by atoms with Crippen molar-refractivity contribution in [1.29, 1.82) is 0 Å². The Bertz CT molecular complexity index is 1300. The molecule has 0 fully saturated rings. The number of nitrogens with zero attached hydrogens (tertiary/aromatic N) is 3. The molecule has 30 heavy (non-hydrogen) atoms. The fraction of sp³-hybridized carbons (Fsp3) is 0.105. The van der Waals surface area contributed by atoms with Gasteiger partial charge >= 0.3 is 0 Å². The van der Waals surface area contributed by atoms with Gasteiger partial charge in [0.05, 0.1) is 16.1 Å². The maximum atomic E-state index is 12.7. The molecule has 0 aliphatic carbocycles. The van der Waals surface area contributed by atoms with Gasteiger partial charge in [-0.25, -0.2) is 4.98 Å². The molecule has 0 atom stereocenters. The van der Waals surface area contributed by atoms with Crippen molar-refractivity contribution in [3.63, 3.8) is 0 Å². The lowest BCUT2D eigenvalue weighted by Crippen LogP contribution is -2.15. The average Bonchev–Trinajstić information content (AvgIpc) is 3.40. The van der Waals surface area contributed by atoms with E-state index >= 15 is 0 Å². The number of non-ortho nitro benzene ring substituents is 1. The van der Waals surface area contributed by atoms with Crippen LogP contribution in [0, 0.1) is 10.1 Å². The van der Waals surface area contributed by atoms with E-state index in [-0.39, 0.29) is 11.4 Å². The topological polar surface area (TPSA) is 132 Å². The number of ether oxygens (including phenoxy) is 2. The summed E-state index contributed by atoms with van der Waals surface area (Å²) in [5.41, 5.74) is 1.98. The van der Waals surface area contributed by atoms with Gasteiger partial charge in [0.2, 0.25) is 0 Å². The molecule has 2 N–H and O–H groups in total. The second-order valence-corrected chi connectivity index (χ2v) is 7.27. The lowest BCUT2D eigenvalue weighted by atomic mass is 10.1. The number of hydrogen-bond donors (Lipinski definition) is 2. The van der Waals surface area contributed by atoms with Crippen LogP contribution in [-0.2, 0) is 0 Å². The quantitative estimate of drug-likeness (QED) is 0.378. The summed E-state index contributed by atoms with van der Waals surface area (Å²) in [5, 5.41) is 23.0. The highest BCUT2D eigenvalue weighted by atomic mass is 32.1. The number of carbonyl (C=O) groups excluding carboxylic acids is 1. The van der Waals surface area contributed by atoms with Crippen LogP contribution in [0.4, 0.5) is 10.8 Å². The third-order valence-corrected chi connectivity index (χ3v) is 5.29. The van der Waals surface area contributed by atoms with Crippen LogP contribution < -0.4 is 14.8 Å². The number of benzene rings is 2. The van der Waals surface area contributed by atoms with Crippen LogP contribution in [0.25, 0.3) is 22.2 Å². The number of aromatic amines is 1. The van der Waals surface area contributed by atoms with Crippen molar-refractivity contribution in [1.82, 2.24) is 15.2 Å². The van der Waals surface area contributed by atoms with Gasteiger partial charge in [0.15, 0.2) is 22.3 Å². The largest absolute Gasteiger partial charge is 0.486 e. The van der Waals surface area contributed by atoms with Crippen LogP contribution in [0.15, 0.2) is 41.8 Å². The minimum absolute atomic E-state index is 0.0600. The molecule has 4 aromatic rings. The number of nitro groups is 1. The predicted octanol–water partition coefficient (Wildman–Crippen LogP) is 3.62. The number of H-pyrrole nitrogens is 1. The fourth-order valence-electron chi connectivity index (χ4n) is 3.11. The maximum absolute atomic E-state index is 12.7. The van der Waals surface area contributed by atoms with Gasteiger partial charge in [-0.05, 0) is 24.3 Å². The molecule has 2 aromatic heterocycles. The van der Waals surface area contributed by atoms with Crippen LogP contribution >= 0.6 is 11.3 Å². The van der Waals surface area contributed by atoms with E-state index in [1.807, 2.05) is 23.6 Å². The van der Waals surface area contributed by atoms with E-state index in [2.05, 4.69) is 20.5 Å². The first-order valence-corrected chi connectivity index (χ1v) is 9.76. The summed E-state index contributed by atoms with van der Waals surface area (Å²) in [4.78, 5) is 27.6. The fourth-order valence-corrected chi connectivity index (χ4v) is 3.83. The molecule has 5 rings (SSSR count). The van der Waals surface area contributed by atoms with Crippen molar-refractivity contribution in [3.8, 4) is 22.8 Å². The first-order valence-electron chi connectivity index (χ1n) is 8.88. The van der Waals surface area contributed by atoms with E-state index in [1.54, 1.807) is 0 Å². The van der Waals surface area contributed by atoms with Crippen molar-refractivity contribution < 1.29 is 19.2 Å². The van der Waals surface area contributed by atoms with Gasteiger partial charge in [-0.3, -0.25) is 25.3 Å². The molecule has 1 amide bonds. The number of carbonyl (C=O) groups is 1. The lowest BCUT2D eigenvalue weighted by molar-refractivity contribution is -0.384. The number of rotatable bonds is 4. The minimum atomic E-state index is -0.519. The normalized spacial score (nSPS) is 12.7. The zero-order chi connectivity index (χ0) is 20.7. The first-order chi connectivity index (χ1) is 14.6.